The first kappa shape index (κ1) is 18.6. The summed E-state index contributed by atoms with van der Waals surface area (Å²) in [7, 11) is 12.3. The molecule has 1 fully saturated rings. The van der Waals surface area contributed by atoms with Crippen molar-refractivity contribution in [1.29, 1.82) is 0 Å². The lowest BCUT2D eigenvalue weighted by Gasteiger charge is -2.38. The van der Waals surface area contributed by atoms with Gasteiger partial charge >= 0.3 is 6.09 Å². The van der Waals surface area contributed by atoms with E-state index in [4.69, 9.17) is 20.4 Å². The minimum atomic E-state index is -1.21. The molecule has 1 aliphatic heterocycles. The molecule has 132 valence electrons. The minimum absolute atomic E-state index is 0.164. The van der Waals surface area contributed by atoms with Crippen molar-refractivity contribution in [1.82, 2.24) is 14.7 Å². The van der Waals surface area contributed by atoms with Gasteiger partial charge in [-0.05, 0) is 45.0 Å². The highest BCUT2D eigenvalue weighted by Gasteiger charge is 2.43. The van der Waals surface area contributed by atoms with E-state index in [1.165, 1.54) is 4.90 Å². The van der Waals surface area contributed by atoms with Gasteiger partial charge < -0.3 is 9.64 Å². The quantitative estimate of drug-likeness (QED) is 0.803. The highest BCUT2D eigenvalue weighted by molar-refractivity contribution is 6.41. The molecule has 1 aromatic carbocycles. The molecule has 1 unspecified atom stereocenters. The summed E-state index contributed by atoms with van der Waals surface area (Å²) in [6.07, 6.45) is 2.64. The zero-order valence-electron chi connectivity index (χ0n) is 15.6. The molecule has 7 heteroatoms. The average Bonchev–Trinajstić information content (AvgIpc) is 3.11. The normalized spacial score (nSPS) is 19.5. The van der Waals surface area contributed by atoms with E-state index in [2.05, 4.69) is 5.10 Å². The van der Waals surface area contributed by atoms with E-state index in [9.17, 15) is 4.79 Å². The van der Waals surface area contributed by atoms with Gasteiger partial charge in [-0.15, -0.1) is 0 Å². The number of hydrogen-bond acceptors (Lipinski definition) is 3. The topological polar surface area (TPSA) is 47.4 Å². The van der Waals surface area contributed by atoms with E-state index >= 15 is 0 Å². The van der Waals surface area contributed by atoms with Crippen LogP contribution in [0.2, 0.25) is 0 Å². The van der Waals surface area contributed by atoms with Crippen molar-refractivity contribution in [2.24, 2.45) is 0 Å². The van der Waals surface area contributed by atoms with Crippen LogP contribution in [-0.2, 0) is 11.3 Å². The first-order valence-corrected chi connectivity index (χ1v) is 8.85. The molecule has 26 heavy (non-hydrogen) atoms. The van der Waals surface area contributed by atoms with Crippen LogP contribution < -0.4 is 0 Å². The Balaban J connectivity index is 1.76. The van der Waals surface area contributed by atoms with Crippen LogP contribution in [0.4, 0.5) is 4.79 Å². The first-order valence-electron chi connectivity index (χ1n) is 8.85. The maximum absolute atomic E-state index is 12.6. The van der Waals surface area contributed by atoms with Gasteiger partial charge in [0.25, 0.3) is 0 Å². The lowest BCUT2D eigenvalue weighted by atomic mass is 9.60. The van der Waals surface area contributed by atoms with E-state index in [1.54, 1.807) is 0 Å². The molecular weight excluding hydrogens is 324 g/mol. The van der Waals surface area contributed by atoms with Crippen LogP contribution >= 0.6 is 0 Å². The van der Waals surface area contributed by atoms with Crippen LogP contribution in [0, 0.1) is 0 Å². The van der Waals surface area contributed by atoms with Gasteiger partial charge in [0.05, 0.1) is 34.0 Å². The Hall–Kier alpha value is -2.17. The van der Waals surface area contributed by atoms with Gasteiger partial charge in [0.15, 0.2) is 0 Å². The fraction of sp³-hybridized carbons (Fsp3) is 0.474. The van der Waals surface area contributed by atoms with Crippen molar-refractivity contribution in [2.45, 2.75) is 57.1 Å². The van der Waals surface area contributed by atoms with Crippen LogP contribution in [0.3, 0.4) is 0 Å². The molecule has 5 nitrogen and oxygen atoms in total. The first-order chi connectivity index (χ1) is 12.2. The van der Waals surface area contributed by atoms with Crippen LogP contribution in [0.5, 0.6) is 0 Å². The van der Waals surface area contributed by atoms with Crippen molar-refractivity contribution in [3.8, 4) is 11.3 Å². The number of aromatic nitrogens is 2. The number of amides is 1. The van der Waals surface area contributed by atoms with E-state index in [0.29, 0.717) is 19.4 Å². The molecule has 1 aromatic heterocycles. The number of rotatable bonds is 3. The lowest BCUT2D eigenvalue weighted by Crippen LogP contribution is -2.54. The fourth-order valence-corrected chi connectivity index (χ4v) is 3.23. The Morgan fingerprint density at radius 3 is 2.62 bits per heavy atom. The molecule has 0 saturated carbocycles. The third-order valence-electron chi connectivity index (χ3n) is 4.39. The summed E-state index contributed by atoms with van der Waals surface area (Å²) in [4.78, 5) is 14.1. The zero-order valence-corrected chi connectivity index (χ0v) is 15.6. The summed E-state index contributed by atoms with van der Waals surface area (Å²) in [5, 5.41) is 3.41. The fourth-order valence-electron chi connectivity index (χ4n) is 3.23. The summed E-state index contributed by atoms with van der Waals surface area (Å²) >= 11 is 0. The number of nitrogens with zero attached hydrogens (tertiary/aromatic N) is 3. The van der Waals surface area contributed by atoms with Gasteiger partial charge in [-0.25, -0.2) is 4.79 Å². The molecule has 1 saturated heterocycles. The van der Waals surface area contributed by atoms with Crippen molar-refractivity contribution >= 4 is 21.8 Å². The second kappa shape index (κ2) is 6.86. The number of carbonyl (C=O) groups excluding carboxylic acids is 1. The monoisotopic (exact) mass is 347 g/mol. The third kappa shape index (κ3) is 4.14. The largest absolute Gasteiger partial charge is 0.444 e. The predicted octanol–water partition coefficient (Wildman–Crippen LogP) is 2.94. The van der Waals surface area contributed by atoms with Gasteiger partial charge in [-0.1, -0.05) is 30.3 Å². The second-order valence-corrected chi connectivity index (χ2v) is 7.82. The van der Waals surface area contributed by atoms with Crippen LogP contribution in [0.25, 0.3) is 11.3 Å². The van der Waals surface area contributed by atoms with Gasteiger partial charge in [0.1, 0.15) is 5.60 Å². The van der Waals surface area contributed by atoms with E-state index in [1.807, 2.05) is 68.0 Å². The van der Waals surface area contributed by atoms with Gasteiger partial charge in [0, 0.05) is 11.8 Å². The number of likely N-dealkylation sites (tertiary alicyclic amines) is 1. The summed E-state index contributed by atoms with van der Waals surface area (Å²) in [5.74, 6) is 0. The molecular formula is C19H23B2N3O2. The van der Waals surface area contributed by atoms with Gasteiger partial charge in [0.2, 0.25) is 0 Å². The Morgan fingerprint density at radius 2 is 1.96 bits per heavy atom. The van der Waals surface area contributed by atoms with E-state index in [0.717, 1.165) is 11.3 Å². The summed E-state index contributed by atoms with van der Waals surface area (Å²) in [6, 6.07) is 11.8. The predicted molar refractivity (Wildman–Crippen MR) is 103 cm³/mol. The lowest BCUT2D eigenvalue weighted by molar-refractivity contribution is 0.0155. The van der Waals surface area contributed by atoms with E-state index in [-0.39, 0.29) is 6.04 Å². The highest BCUT2D eigenvalue weighted by Crippen LogP contribution is 2.32. The Labute approximate surface area is 157 Å². The van der Waals surface area contributed by atoms with Crippen molar-refractivity contribution in [3.63, 3.8) is 0 Å². The van der Waals surface area contributed by atoms with Crippen molar-refractivity contribution in [2.75, 3.05) is 0 Å². The Morgan fingerprint density at radius 1 is 1.27 bits per heavy atom. The smallest absolute Gasteiger partial charge is 0.409 e. The maximum atomic E-state index is 12.6. The molecule has 0 spiro atoms. The number of carbonyl (C=O) groups is 1. The van der Waals surface area contributed by atoms with Crippen LogP contribution in [0.15, 0.2) is 42.6 Å². The molecule has 2 heterocycles. The number of hydrogen-bond donors (Lipinski definition) is 0. The molecule has 1 aliphatic rings. The minimum Gasteiger partial charge on any atom is -0.444 e. The van der Waals surface area contributed by atoms with Crippen molar-refractivity contribution < 1.29 is 9.53 Å². The molecule has 1 atom stereocenters. The van der Waals surface area contributed by atoms with Crippen LogP contribution in [-0.4, -0.2) is 53.4 Å². The molecule has 2 aromatic rings. The summed E-state index contributed by atoms with van der Waals surface area (Å²) in [6.45, 7) is 5.99. The summed E-state index contributed by atoms with van der Waals surface area (Å²) < 4.78 is 7.32. The second-order valence-electron chi connectivity index (χ2n) is 7.82. The SMILES string of the molecule is [B]C1([B])CCC(Cn2ccc(-c3ccccc3)n2)N1C(=O)OC(C)(C)C. The zero-order chi connectivity index (χ0) is 18.9. The molecule has 1 amide bonds. The molecule has 0 bridgehead atoms. The molecule has 0 aliphatic carbocycles. The van der Waals surface area contributed by atoms with E-state index < -0.39 is 17.0 Å². The van der Waals surface area contributed by atoms with Crippen LogP contribution in [0.1, 0.15) is 33.6 Å². The summed E-state index contributed by atoms with van der Waals surface area (Å²) in [5.41, 5.74) is 1.33. The molecule has 0 N–H and O–H groups in total. The standard InChI is InChI=1S/C19H23B2N3O2/c1-18(2,3)26-17(25)24-15(9-11-19(24,20)21)13-23-12-10-16(22-23)14-7-5-4-6-8-14/h4-8,10,12,15H,9,11,13H2,1-3H3. The Bertz CT molecular complexity index is 769. The van der Waals surface area contributed by atoms with Gasteiger partial charge in [-0.2, -0.15) is 5.10 Å². The number of benzene rings is 1. The average molecular weight is 347 g/mol. The molecule has 4 radical (unpaired) electrons. The number of ether oxygens (including phenoxy) is 1. The highest BCUT2D eigenvalue weighted by atomic mass is 16.6. The molecule has 3 rings (SSSR count). The third-order valence-corrected chi connectivity index (χ3v) is 4.39. The maximum Gasteiger partial charge on any atom is 0.409 e. The Kier molecular flexibility index (Phi) is 4.91. The van der Waals surface area contributed by atoms with Crippen molar-refractivity contribution in [3.05, 3.63) is 42.6 Å². The van der Waals surface area contributed by atoms with Gasteiger partial charge in [-0.3, -0.25) is 4.68 Å².